The number of aromatic nitrogens is 2. The van der Waals surface area contributed by atoms with Gasteiger partial charge in [-0.2, -0.15) is 0 Å². The van der Waals surface area contributed by atoms with E-state index in [0.29, 0.717) is 0 Å². The predicted molar refractivity (Wildman–Crippen MR) is 120 cm³/mol. The lowest BCUT2D eigenvalue weighted by Gasteiger charge is -2.26. The molecular formula is C23H30ClN3O2. The molecule has 1 aliphatic rings. The van der Waals surface area contributed by atoms with E-state index in [4.69, 9.17) is 14.5 Å². The minimum absolute atomic E-state index is 0. The third-order valence-corrected chi connectivity index (χ3v) is 5.63. The van der Waals surface area contributed by atoms with Gasteiger partial charge in [0.25, 0.3) is 0 Å². The van der Waals surface area contributed by atoms with Gasteiger partial charge in [-0.25, -0.2) is 4.98 Å². The number of hydrogen-bond acceptors (Lipinski definition) is 4. The van der Waals surface area contributed by atoms with Gasteiger partial charge in [0.2, 0.25) is 0 Å². The first kappa shape index (κ1) is 21.5. The molecule has 0 saturated carbocycles. The van der Waals surface area contributed by atoms with Crippen LogP contribution in [0.25, 0.3) is 11.0 Å². The van der Waals surface area contributed by atoms with Gasteiger partial charge in [-0.1, -0.05) is 24.6 Å². The molecule has 1 aromatic heterocycles. The molecule has 2 aromatic carbocycles. The number of imidazole rings is 1. The van der Waals surface area contributed by atoms with Gasteiger partial charge in [-0.15, -0.1) is 12.4 Å². The van der Waals surface area contributed by atoms with Gasteiger partial charge in [-0.3, -0.25) is 0 Å². The lowest BCUT2D eigenvalue weighted by atomic mass is 10.1. The van der Waals surface area contributed by atoms with Crippen molar-refractivity contribution >= 4 is 23.4 Å². The highest BCUT2D eigenvalue weighted by Crippen LogP contribution is 2.29. The quantitative estimate of drug-likeness (QED) is 0.567. The molecule has 0 atom stereocenters. The van der Waals surface area contributed by atoms with Crippen LogP contribution in [0.15, 0.2) is 42.5 Å². The Morgan fingerprint density at radius 2 is 1.66 bits per heavy atom. The molecule has 3 aromatic rings. The minimum Gasteiger partial charge on any atom is -0.493 e. The highest BCUT2D eigenvalue weighted by atomic mass is 35.5. The average Bonchev–Trinajstić information content (AvgIpc) is 3.09. The van der Waals surface area contributed by atoms with Crippen LogP contribution in [0.1, 0.15) is 30.7 Å². The van der Waals surface area contributed by atoms with Crippen molar-refractivity contribution in [3.8, 4) is 11.5 Å². The van der Waals surface area contributed by atoms with Crippen LogP contribution in [0.5, 0.6) is 11.5 Å². The van der Waals surface area contributed by atoms with E-state index in [2.05, 4.69) is 39.8 Å². The maximum Gasteiger partial charge on any atom is 0.161 e. The van der Waals surface area contributed by atoms with Crippen molar-refractivity contribution in [1.29, 1.82) is 0 Å². The van der Waals surface area contributed by atoms with Crippen LogP contribution in [0.3, 0.4) is 0 Å². The Morgan fingerprint density at radius 3 is 2.41 bits per heavy atom. The molecule has 0 spiro atoms. The zero-order valence-electron chi connectivity index (χ0n) is 17.3. The van der Waals surface area contributed by atoms with Crippen LogP contribution in [0.2, 0.25) is 0 Å². The van der Waals surface area contributed by atoms with Crippen molar-refractivity contribution < 1.29 is 9.47 Å². The highest BCUT2D eigenvalue weighted by molar-refractivity contribution is 5.85. The van der Waals surface area contributed by atoms with E-state index < -0.39 is 0 Å². The third kappa shape index (κ3) is 4.85. The lowest BCUT2D eigenvalue weighted by Crippen LogP contribution is -2.32. The van der Waals surface area contributed by atoms with E-state index in [1.807, 2.05) is 12.1 Å². The SMILES string of the molecule is COc1ccc(Cc2nc3ccccc3n2CCN2CCCCC2)cc1OC.Cl. The topological polar surface area (TPSA) is 39.5 Å². The van der Waals surface area contributed by atoms with Crippen LogP contribution >= 0.6 is 12.4 Å². The van der Waals surface area contributed by atoms with E-state index in [1.54, 1.807) is 14.2 Å². The maximum atomic E-state index is 5.47. The largest absolute Gasteiger partial charge is 0.493 e. The summed E-state index contributed by atoms with van der Waals surface area (Å²) in [6, 6.07) is 14.5. The number of benzene rings is 2. The Morgan fingerprint density at radius 1 is 0.897 bits per heavy atom. The molecule has 1 fully saturated rings. The summed E-state index contributed by atoms with van der Waals surface area (Å²) in [6.07, 6.45) is 4.79. The second-order valence-electron chi connectivity index (χ2n) is 7.44. The number of likely N-dealkylation sites (tertiary alicyclic amines) is 1. The first-order chi connectivity index (χ1) is 13.8. The fourth-order valence-electron chi connectivity index (χ4n) is 4.11. The Bertz CT molecular complexity index is 935. The molecule has 0 aliphatic carbocycles. The molecule has 0 amide bonds. The number of piperidine rings is 1. The molecule has 5 nitrogen and oxygen atoms in total. The van der Waals surface area contributed by atoms with Gasteiger partial charge in [0.1, 0.15) is 5.82 Å². The Balaban J connectivity index is 0.00000240. The van der Waals surface area contributed by atoms with E-state index in [-0.39, 0.29) is 12.4 Å². The van der Waals surface area contributed by atoms with Gasteiger partial charge < -0.3 is 18.9 Å². The molecule has 156 valence electrons. The van der Waals surface area contributed by atoms with Crippen LogP contribution in [0.4, 0.5) is 0 Å². The van der Waals surface area contributed by atoms with Crippen LogP contribution in [0, 0.1) is 0 Å². The molecule has 6 heteroatoms. The van der Waals surface area contributed by atoms with E-state index in [0.717, 1.165) is 42.4 Å². The van der Waals surface area contributed by atoms with Crippen molar-refractivity contribution in [2.75, 3.05) is 33.9 Å². The monoisotopic (exact) mass is 415 g/mol. The number of fused-ring (bicyclic) bond motifs is 1. The van der Waals surface area contributed by atoms with Gasteiger partial charge >= 0.3 is 0 Å². The summed E-state index contributed by atoms with van der Waals surface area (Å²) in [5, 5.41) is 0. The average molecular weight is 416 g/mol. The lowest BCUT2D eigenvalue weighted by molar-refractivity contribution is 0.221. The van der Waals surface area contributed by atoms with Crippen LogP contribution in [-0.2, 0) is 13.0 Å². The zero-order chi connectivity index (χ0) is 19.3. The molecule has 0 unspecified atom stereocenters. The molecule has 0 N–H and O–H groups in total. The number of rotatable bonds is 7. The minimum atomic E-state index is 0. The summed E-state index contributed by atoms with van der Waals surface area (Å²) in [4.78, 5) is 7.52. The van der Waals surface area contributed by atoms with Crippen LogP contribution < -0.4 is 9.47 Å². The fourth-order valence-corrected chi connectivity index (χ4v) is 4.11. The standard InChI is InChI=1S/C23H29N3O2.ClH/c1-27-21-11-10-18(16-22(21)28-2)17-23-24-19-8-4-5-9-20(19)26(23)15-14-25-12-6-3-7-13-25;/h4-5,8-11,16H,3,6-7,12-15,17H2,1-2H3;1H. The first-order valence-corrected chi connectivity index (χ1v) is 10.2. The first-order valence-electron chi connectivity index (χ1n) is 10.2. The van der Waals surface area contributed by atoms with Gasteiger partial charge in [-0.05, 0) is 55.8 Å². The molecular weight excluding hydrogens is 386 g/mol. The molecule has 0 bridgehead atoms. The maximum absolute atomic E-state index is 5.47. The van der Waals surface area contributed by atoms with E-state index >= 15 is 0 Å². The third-order valence-electron chi connectivity index (χ3n) is 5.63. The number of hydrogen-bond donors (Lipinski definition) is 0. The molecule has 0 radical (unpaired) electrons. The summed E-state index contributed by atoms with van der Waals surface area (Å²) in [5.74, 6) is 2.62. The summed E-state index contributed by atoms with van der Waals surface area (Å²) >= 11 is 0. The number of halogens is 1. The van der Waals surface area contributed by atoms with Gasteiger partial charge in [0, 0.05) is 19.5 Å². The van der Waals surface area contributed by atoms with E-state index in [9.17, 15) is 0 Å². The second-order valence-corrected chi connectivity index (χ2v) is 7.44. The zero-order valence-corrected chi connectivity index (χ0v) is 18.1. The number of para-hydroxylation sites is 2. The Kier molecular flexibility index (Phi) is 7.40. The smallest absolute Gasteiger partial charge is 0.161 e. The summed E-state index contributed by atoms with van der Waals surface area (Å²) in [6.45, 7) is 4.50. The van der Waals surface area contributed by atoms with Gasteiger partial charge in [0.15, 0.2) is 11.5 Å². The fraction of sp³-hybridized carbons (Fsp3) is 0.435. The Hall–Kier alpha value is -2.24. The molecule has 29 heavy (non-hydrogen) atoms. The summed E-state index contributed by atoms with van der Waals surface area (Å²) in [5.41, 5.74) is 3.46. The summed E-state index contributed by atoms with van der Waals surface area (Å²) in [7, 11) is 3.34. The van der Waals surface area contributed by atoms with E-state index in [1.165, 1.54) is 43.4 Å². The number of methoxy groups -OCH3 is 2. The highest BCUT2D eigenvalue weighted by Gasteiger charge is 2.15. The molecule has 1 saturated heterocycles. The van der Waals surface area contributed by atoms with Crippen molar-refractivity contribution in [1.82, 2.24) is 14.5 Å². The number of nitrogens with zero attached hydrogens (tertiary/aromatic N) is 3. The van der Waals surface area contributed by atoms with Gasteiger partial charge in [0.05, 0.1) is 25.3 Å². The van der Waals surface area contributed by atoms with Crippen molar-refractivity contribution in [3.63, 3.8) is 0 Å². The molecule has 1 aliphatic heterocycles. The Labute approximate surface area is 179 Å². The molecule has 4 rings (SSSR count). The van der Waals surface area contributed by atoms with Crippen molar-refractivity contribution in [3.05, 3.63) is 53.9 Å². The van der Waals surface area contributed by atoms with Crippen LogP contribution in [-0.4, -0.2) is 48.3 Å². The summed E-state index contributed by atoms with van der Waals surface area (Å²) < 4.78 is 13.2. The predicted octanol–water partition coefficient (Wildman–Crippen LogP) is 4.55. The van der Waals surface area contributed by atoms with Crippen molar-refractivity contribution in [2.24, 2.45) is 0 Å². The normalized spacial score (nSPS) is 14.6. The molecule has 2 heterocycles. The second kappa shape index (κ2) is 9.99. The number of ether oxygens (including phenoxy) is 2. The van der Waals surface area contributed by atoms with Crippen molar-refractivity contribution in [2.45, 2.75) is 32.2 Å².